The lowest BCUT2D eigenvalue weighted by Gasteiger charge is -2.25. The third-order valence-corrected chi connectivity index (χ3v) is 5.69. The Bertz CT molecular complexity index is 1120. The minimum Gasteiger partial charge on any atom is -0.507 e. The van der Waals surface area contributed by atoms with Gasteiger partial charge in [0.1, 0.15) is 11.5 Å². The fourth-order valence-electron chi connectivity index (χ4n) is 4.11. The molecule has 35 heavy (non-hydrogen) atoms. The maximum absolute atomic E-state index is 13.2. The zero-order valence-corrected chi connectivity index (χ0v) is 21.1. The molecular formula is C27H33NO7. The maximum atomic E-state index is 13.2. The monoisotopic (exact) mass is 483 g/mol. The number of aryl methyl sites for hydroxylation is 1. The van der Waals surface area contributed by atoms with Crippen molar-refractivity contribution in [2.24, 2.45) is 0 Å². The van der Waals surface area contributed by atoms with Crippen molar-refractivity contribution < 1.29 is 33.6 Å². The Morgan fingerprint density at radius 2 is 1.77 bits per heavy atom. The number of carbonyl (C=O) groups is 2. The van der Waals surface area contributed by atoms with Gasteiger partial charge in [0, 0.05) is 19.2 Å². The van der Waals surface area contributed by atoms with Crippen molar-refractivity contribution in [1.82, 2.24) is 4.90 Å². The number of hydrogen-bond donors (Lipinski definition) is 1. The molecular weight excluding hydrogens is 450 g/mol. The molecule has 2 aromatic carbocycles. The van der Waals surface area contributed by atoms with E-state index in [-0.39, 0.29) is 30.6 Å². The smallest absolute Gasteiger partial charge is 0.295 e. The maximum Gasteiger partial charge on any atom is 0.295 e. The standard InChI is InChI=1S/C27H33NO7/c1-7-34-21-11-8-18(15-22(21)33-6)24-23(26(30)27(31)28(24)12-13-32-5)25(29)19-9-10-20(17(4)14-19)35-16(2)3/h8-11,14-16,24,29H,7,12-13H2,1-6H3/b25-23-. The number of carbonyl (C=O) groups excluding carboxylic acids is 2. The fourth-order valence-corrected chi connectivity index (χ4v) is 4.11. The summed E-state index contributed by atoms with van der Waals surface area (Å²) < 4.78 is 22.0. The van der Waals surface area contributed by atoms with Crippen LogP contribution in [0, 0.1) is 6.92 Å². The molecule has 1 unspecified atom stereocenters. The Balaban J connectivity index is 2.15. The molecule has 2 aromatic rings. The second-order valence-electron chi connectivity index (χ2n) is 8.48. The van der Waals surface area contributed by atoms with Gasteiger partial charge in [-0.15, -0.1) is 0 Å². The van der Waals surface area contributed by atoms with E-state index in [0.29, 0.717) is 35.0 Å². The van der Waals surface area contributed by atoms with Crippen LogP contribution in [0.2, 0.25) is 0 Å². The van der Waals surface area contributed by atoms with Gasteiger partial charge in [0.15, 0.2) is 11.5 Å². The Kier molecular flexibility index (Phi) is 8.40. The molecule has 1 saturated heterocycles. The summed E-state index contributed by atoms with van der Waals surface area (Å²) >= 11 is 0. The molecule has 1 N–H and O–H groups in total. The molecule has 3 rings (SSSR count). The highest BCUT2D eigenvalue weighted by molar-refractivity contribution is 6.46. The van der Waals surface area contributed by atoms with E-state index in [1.807, 2.05) is 27.7 Å². The number of methoxy groups -OCH3 is 2. The fraction of sp³-hybridized carbons (Fsp3) is 0.407. The summed E-state index contributed by atoms with van der Waals surface area (Å²) in [6.07, 6.45) is -0.00565. The van der Waals surface area contributed by atoms with Crippen LogP contribution in [0.25, 0.3) is 5.76 Å². The lowest BCUT2D eigenvalue weighted by Crippen LogP contribution is -2.32. The van der Waals surface area contributed by atoms with E-state index in [1.165, 1.54) is 19.1 Å². The van der Waals surface area contributed by atoms with Crippen LogP contribution in [-0.4, -0.2) is 61.8 Å². The number of benzene rings is 2. The van der Waals surface area contributed by atoms with E-state index in [0.717, 1.165) is 5.56 Å². The first-order chi connectivity index (χ1) is 16.7. The summed E-state index contributed by atoms with van der Waals surface area (Å²) in [6.45, 7) is 8.46. The molecule has 0 aliphatic carbocycles. The summed E-state index contributed by atoms with van der Waals surface area (Å²) in [5, 5.41) is 11.3. The first-order valence-corrected chi connectivity index (χ1v) is 11.6. The number of aliphatic hydroxyl groups is 1. The minimum absolute atomic E-state index is 0.00565. The molecule has 0 aromatic heterocycles. The number of amides is 1. The molecule has 0 saturated carbocycles. The van der Waals surface area contributed by atoms with Crippen molar-refractivity contribution in [3.8, 4) is 17.2 Å². The lowest BCUT2D eigenvalue weighted by molar-refractivity contribution is -0.140. The summed E-state index contributed by atoms with van der Waals surface area (Å²) in [7, 11) is 3.04. The Hall–Kier alpha value is -3.52. The number of rotatable bonds is 10. The number of aliphatic hydroxyl groups excluding tert-OH is 1. The first kappa shape index (κ1) is 26.1. The molecule has 8 heteroatoms. The van der Waals surface area contributed by atoms with E-state index in [4.69, 9.17) is 18.9 Å². The van der Waals surface area contributed by atoms with Crippen LogP contribution in [-0.2, 0) is 14.3 Å². The van der Waals surface area contributed by atoms with Crippen molar-refractivity contribution in [2.45, 2.75) is 39.8 Å². The molecule has 8 nitrogen and oxygen atoms in total. The van der Waals surface area contributed by atoms with Gasteiger partial charge in [0.05, 0.1) is 38.0 Å². The van der Waals surface area contributed by atoms with Gasteiger partial charge < -0.3 is 29.0 Å². The number of nitrogens with zero attached hydrogens (tertiary/aromatic N) is 1. The van der Waals surface area contributed by atoms with Crippen molar-refractivity contribution >= 4 is 17.4 Å². The van der Waals surface area contributed by atoms with Gasteiger partial charge in [-0.1, -0.05) is 6.07 Å². The molecule has 1 heterocycles. The second-order valence-corrected chi connectivity index (χ2v) is 8.48. The molecule has 0 bridgehead atoms. The predicted molar refractivity (Wildman–Crippen MR) is 132 cm³/mol. The number of ether oxygens (including phenoxy) is 4. The SMILES string of the molecule is CCOc1ccc(C2/C(=C(/O)c3ccc(OC(C)C)c(C)c3)C(=O)C(=O)N2CCOC)cc1OC. The van der Waals surface area contributed by atoms with E-state index in [1.54, 1.807) is 36.4 Å². The van der Waals surface area contributed by atoms with Crippen molar-refractivity contribution in [3.63, 3.8) is 0 Å². The Labute approximate surface area is 206 Å². The number of Topliss-reactive ketones (excluding diaryl/α,β-unsaturated/α-hetero) is 1. The average Bonchev–Trinajstić information content (AvgIpc) is 3.08. The van der Waals surface area contributed by atoms with Gasteiger partial charge in [0.25, 0.3) is 11.7 Å². The third kappa shape index (κ3) is 5.43. The zero-order valence-electron chi connectivity index (χ0n) is 21.1. The van der Waals surface area contributed by atoms with Gasteiger partial charge in [-0.25, -0.2) is 0 Å². The second kappa shape index (κ2) is 11.3. The number of ketones is 1. The first-order valence-electron chi connectivity index (χ1n) is 11.6. The number of hydrogen-bond acceptors (Lipinski definition) is 7. The van der Waals surface area contributed by atoms with Crippen LogP contribution in [0.1, 0.15) is 43.5 Å². The average molecular weight is 484 g/mol. The minimum atomic E-state index is -0.818. The van der Waals surface area contributed by atoms with Crippen LogP contribution < -0.4 is 14.2 Å². The zero-order chi connectivity index (χ0) is 25.7. The van der Waals surface area contributed by atoms with Crippen LogP contribution in [0.5, 0.6) is 17.2 Å². The van der Waals surface area contributed by atoms with Crippen molar-refractivity contribution in [1.29, 1.82) is 0 Å². The van der Waals surface area contributed by atoms with E-state index < -0.39 is 17.7 Å². The highest BCUT2D eigenvalue weighted by atomic mass is 16.5. The van der Waals surface area contributed by atoms with Crippen molar-refractivity contribution in [2.75, 3.05) is 34.0 Å². The van der Waals surface area contributed by atoms with Crippen LogP contribution in [0.3, 0.4) is 0 Å². The Morgan fingerprint density at radius 1 is 1.06 bits per heavy atom. The molecule has 1 fully saturated rings. The van der Waals surface area contributed by atoms with E-state index in [2.05, 4.69) is 0 Å². The highest BCUT2D eigenvalue weighted by Gasteiger charge is 2.46. The van der Waals surface area contributed by atoms with Gasteiger partial charge in [-0.3, -0.25) is 9.59 Å². The molecule has 0 spiro atoms. The van der Waals surface area contributed by atoms with Crippen LogP contribution in [0.15, 0.2) is 42.0 Å². The van der Waals surface area contributed by atoms with Gasteiger partial charge in [0.2, 0.25) is 0 Å². The van der Waals surface area contributed by atoms with Crippen molar-refractivity contribution in [3.05, 3.63) is 58.7 Å². The van der Waals surface area contributed by atoms with Gasteiger partial charge >= 0.3 is 0 Å². The van der Waals surface area contributed by atoms with Gasteiger partial charge in [-0.2, -0.15) is 0 Å². The highest BCUT2D eigenvalue weighted by Crippen LogP contribution is 2.42. The molecule has 1 aliphatic heterocycles. The molecule has 1 atom stereocenters. The molecule has 188 valence electrons. The lowest BCUT2D eigenvalue weighted by atomic mass is 9.94. The third-order valence-electron chi connectivity index (χ3n) is 5.69. The summed E-state index contributed by atoms with van der Waals surface area (Å²) in [5.74, 6) is -0.00331. The number of likely N-dealkylation sites (tertiary alicyclic amines) is 1. The quantitative estimate of drug-likeness (QED) is 0.307. The molecule has 0 radical (unpaired) electrons. The molecule has 1 amide bonds. The van der Waals surface area contributed by atoms with Crippen LogP contribution in [0.4, 0.5) is 0 Å². The molecule has 1 aliphatic rings. The van der Waals surface area contributed by atoms with Gasteiger partial charge in [-0.05, 0) is 69.2 Å². The topological polar surface area (TPSA) is 94.5 Å². The van der Waals surface area contributed by atoms with E-state index >= 15 is 0 Å². The summed E-state index contributed by atoms with van der Waals surface area (Å²) in [4.78, 5) is 27.6. The van der Waals surface area contributed by atoms with E-state index in [9.17, 15) is 14.7 Å². The van der Waals surface area contributed by atoms with Crippen LogP contribution >= 0.6 is 0 Å². The normalized spacial score (nSPS) is 17.2. The predicted octanol–water partition coefficient (Wildman–Crippen LogP) is 4.26. The Morgan fingerprint density at radius 3 is 2.37 bits per heavy atom. The summed E-state index contributed by atoms with van der Waals surface area (Å²) in [6, 6.07) is 9.57. The largest absolute Gasteiger partial charge is 0.507 e. The summed E-state index contributed by atoms with van der Waals surface area (Å²) in [5.41, 5.74) is 1.84.